The molecule has 0 aliphatic carbocycles. The fourth-order valence-corrected chi connectivity index (χ4v) is 2.66. The van der Waals surface area contributed by atoms with Crippen LogP contribution in [0.2, 0.25) is 5.02 Å². The number of nitrogens with one attached hydrogen (secondary N) is 1. The van der Waals surface area contributed by atoms with Gasteiger partial charge in [-0.2, -0.15) is 0 Å². The fourth-order valence-electron chi connectivity index (χ4n) is 2.48. The third kappa shape index (κ3) is 4.51. The fraction of sp³-hybridized carbons (Fsp3) is 0.350. The molecule has 2 aromatic rings. The molecule has 128 valence electrons. The van der Waals surface area contributed by atoms with Gasteiger partial charge in [-0.25, -0.2) is 0 Å². The molecule has 2 rings (SSSR count). The van der Waals surface area contributed by atoms with E-state index in [1.54, 1.807) is 19.1 Å². The molecule has 0 spiro atoms. The largest absolute Gasteiger partial charge is 0.479 e. The molecule has 0 heterocycles. The molecule has 2 atom stereocenters. The van der Waals surface area contributed by atoms with E-state index in [0.717, 1.165) is 12.0 Å². The lowest BCUT2D eigenvalue weighted by atomic mass is 9.99. The van der Waals surface area contributed by atoms with E-state index in [2.05, 4.69) is 44.3 Å². The topological polar surface area (TPSA) is 38.3 Å². The Labute approximate surface area is 149 Å². The summed E-state index contributed by atoms with van der Waals surface area (Å²) in [6.07, 6.45) is 0.193. The van der Waals surface area contributed by atoms with Crippen molar-refractivity contribution >= 4 is 17.5 Å². The van der Waals surface area contributed by atoms with E-state index >= 15 is 0 Å². The standard InChI is InChI=1S/C20H24ClNO2/c1-5-18(16-11-10-13(2)14(3)12-16)22-20(23)15(4)24-19-9-7-6-8-17(19)21/h6-12,15,18H,5H2,1-4H3,(H,22,23)/t15-,18-/m1/s1. The van der Waals surface area contributed by atoms with Crippen molar-refractivity contribution in [1.82, 2.24) is 5.32 Å². The number of amides is 1. The quantitative estimate of drug-likeness (QED) is 0.800. The zero-order chi connectivity index (χ0) is 17.7. The maximum atomic E-state index is 12.5. The molecule has 1 N–H and O–H groups in total. The van der Waals surface area contributed by atoms with Gasteiger partial charge in [0, 0.05) is 0 Å². The van der Waals surface area contributed by atoms with Crippen molar-refractivity contribution in [2.75, 3.05) is 0 Å². The number of carbonyl (C=O) groups is 1. The minimum atomic E-state index is -0.620. The van der Waals surface area contributed by atoms with Crippen LogP contribution in [0.25, 0.3) is 0 Å². The van der Waals surface area contributed by atoms with Gasteiger partial charge in [0.1, 0.15) is 5.75 Å². The van der Waals surface area contributed by atoms with E-state index in [-0.39, 0.29) is 11.9 Å². The predicted molar refractivity (Wildman–Crippen MR) is 98.6 cm³/mol. The summed E-state index contributed by atoms with van der Waals surface area (Å²) in [7, 11) is 0. The van der Waals surface area contributed by atoms with Crippen LogP contribution >= 0.6 is 11.6 Å². The van der Waals surface area contributed by atoms with Gasteiger partial charge < -0.3 is 10.1 Å². The third-order valence-corrected chi connectivity index (χ3v) is 4.48. The van der Waals surface area contributed by atoms with Crippen LogP contribution < -0.4 is 10.1 Å². The summed E-state index contributed by atoms with van der Waals surface area (Å²) in [5, 5.41) is 3.56. The first-order valence-electron chi connectivity index (χ1n) is 8.21. The van der Waals surface area contributed by atoms with Gasteiger partial charge in [-0.1, -0.05) is 48.9 Å². The van der Waals surface area contributed by atoms with Gasteiger partial charge in [0.2, 0.25) is 0 Å². The molecule has 0 bridgehead atoms. The van der Waals surface area contributed by atoms with Gasteiger partial charge in [0.25, 0.3) is 5.91 Å². The molecule has 4 heteroatoms. The summed E-state index contributed by atoms with van der Waals surface area (Å²) >= 11 is 6.08. The molecular weight excluding hydrogens is 322 g/mol. The van der Waals surface area contributed by atoms with Crippen LogP contribution in [-0.4, -0.2) is 12.0 Å². The van der Waals surface area contributed by atoms with Crippen molar-refractivity contribution in [2.24, 2.45) is 0 Å². The molecule has 3 nitrogen and oxygen atoms in total. The summed E-state index contributed by atoms with van der Waals surface area (Å²) in [4.78, 5) is 12.5. The monoisotopic (exact) mass is 345 g/mol. The molecular formula is C20H24ClNO2. The molecule has 0 saturated carbocycles. The van der Waals surface area contributed by atoms with Gasteiger partial charge in [-0.15, -0.1) is 0 Å². The second-order valence-electron chi connectivity index (χ2n) is 6.00. The highest BCUT2D eigenvalue weighted by atomic mass is 35.5. The zero-order valence-electron chi connectivity index (χ0n) is 14.6. The van der Waals surface area contributed by atoms with E-state index in [1.807, 2.05) is 12.1 Å². The highest BCUT2D eigenvalue weighted by Gasteiger charge is 2.20. The van der Waals surface area contributed by atoms with Crippen molar-refractivity contribution < 1.29 is 9.53 Å². The number of benzene rings is 2. The maximum Gasteiger partial charge on any atom is 0.261 e. The Balaban J connectivity index is 2.05. The van der Waals surface area contributed by atoms with Crippen LogP contribution in [0.15, 0.2) is 42.5 Å². The minimum absolute atomic E-state index is 0.0332. The van der Waals surface area contributed by atoms with Gasteiger partial charge in [0.15, 0.2) is 6.10 Å². The van der Waals surface area contributed by atoms with Crippen LogP contribution in [-0.2, 0) is 4.79 Å². The van der Waals surface area contributed by atoms with E-state index in [4.69, 9.17) is 16.3 Å². The third-order valence-electron chi connectivity index (χ3n) is 4.17. The summed E-state index contributed by atoms with van der Waals surface area (Å²) in [6.45, 7) is 7.94. The Morgan fingerprint density at radius 3 is 2.50 bits per heavy atom. The number of hydrogen-bond donors (Lipinski definition) is 1. The molecule has 0 aliphatic heterocycles. The number of ether oxygens (including phenoxy) is 1. The molecule has 0 aromatic heterocycles. The summed E-state index contributed by atoms with van der Waals surface area (Å²) in [6, 6.07) is 13.4. The Morgan fingerprint density at radius 1 is 1.17 bits per heavy atom. The first-order chi connectivity index (χ1) is 11.4. The predicted octanol–water partition coefficient (Wildman–Crippen LogP) is 4.99. The normalized spacial score (nSPS) is 13.2. The number of rotatable bonds is 6. The number of halogens is 1. The lowest BCUT2D eigenvalue weighted by Gasteiger charge is -2.22. The second kappa shape index (κ2) is 8.20. The second-order valence-corrected chi connectivity index (χ2v) is 6.41. The first-order valence-corrected chi connectivity index (χ1v) is 8.59. The van der Waals surface area contributed by atoms with Crippen molar-refractivity contribution in [3.63, 3.8) is 0 Å². The average molecular weight is 346 g/mol. The van der Waals surface area contributed by atoms with Crippen molar-refractivity contribution in [3.05, 3.63) is 64.2 Å². The molecule has 0 aliphatic rings. The molecule has 0 saturated heterocycles. The van der Waals surface area contributed by atoms with Crippen LogP contribution in [0, 0.1) is 13.8 Å². The highest BCUT2D eigenvalue weighted by molar-refractivity contribution is 6.32. The first kappa shape index (κ1) is 18.3. The molecule has 0 unspecified atom stereocenters. The minimum Gasteiger partial charge on any atom is -0.479 e. The Kier molecular flexibility index (Phi) is 6.27. The zero-order valence-corrected chi connectivity index (χ0v) is 15.4. The summed E-state index contributed by atoms with van der Waals surface area (Å²) < 4.78 is 5.69. The van der Waals surface area contributed by atoms with Crippen LogP contribution in [0.3, 0.4) is 0 Å². The van der Waals surface area contributed by atoms with Gasteiger partial charge in [-0.05, 0) is 56.0 Å². The molecule has 2 aromatic carbocycles. The Morgan fingerprint density at radius 2 is 1.88 bits per heavy atom. The lowest BCUT2D eigenvalue weighted by Crippen LogP contribution is -2.38. The van der Waals surface area contributed by atoms with E-state index in [1.165, 1.54) is 11.1 Å². The number of para-hydroxylation sites is 1. The van der Waals surface area contributed by atoms with Crippen molar-refractivity contribution in [1.29, 1.82) is 0 Å². The SMILES string of the molecule is CC[C@@H](NC(=O)[C@@H](C)Oc1ccccc1Cl)c1ccc(C)c(C)c1. The average Bonchev–Trinajstić information content (AvgIpc) is 2.57. The number of carbonyl (C=O) groups excluding carboxylic acids is 1. The highest BCUT2D eigenvalue weighted by Crippen LogP contribution is 2.25. The number of aryl methyl sites for hydroxylation is 2. The van der Waals surface area contributed by atoms with Gasteiger partial charge in [0.05, 0.1) is 11.1 Å². The Bertz CT molecular complexity index is 715. The van der Waals surface area contributed by atoms with E-state index < -0.39 is 6.10 Å². The summed E-state index contributed by atoms with van der Waals surface area (Å²) in [5.74, 6) is 0.362. The van der Waals surface area contributed by atoms with Crippen LogP contribution in [0.4, 0.5) is 0 Å². The van der Waals surface area contributed by atoms with Gasteiger partial charge >= 0.3 is 0 Å². The molecule has 1 amide bonds. The lowest BCUT2D eigenvalue weighted by molar-refractivity contribution is -0.128. The van der Waals surface area contributed by atoms with Gasteiger partial charge in [-0.3, -0.25) is 4.79 Å². The van der Waals surface area contributed by atoms with Crippen molar-refractivity contribution in [3.8, 4) is 5.75 Å². The van der Waals surface area contributed by atoms with E-state index in [9.17, 15) is 4.79 Å². The van der Waals surface area contributed by atoms with Crippen LogP contribution in [0.5, 0.6) is 5.75 Å². The smallest absolute Gasteiger partial charge is 0.261 e. The van der Waals surface area contributed by atoms with Crippen LogP contribution in [0.1, 0.15) is 43.0 Å². The molecule has 0 radical (unpaired) electrons. The Hall–Kier alpha value is -2.00. The molecule has 24 heavy (non-hydrogen) atoms. The number of hydrogen-bond acceptors (Lipinski definition) is 2. The van der Waals surface area contributed by atoms with Crippen molar-refractivity contribution in [2.45, 2.75) is 46.3 Å². The maximum absolute atomic E-state index is 12.5. The molecule has 0 fully saturated rings. The summed E-state index contributed by atoms with van der Waals surface area (Å²) in [5.41, 5.74) is 3.58. The van der Waals surface area contributed by atoms with E-state index in [0.29, 0.717) is 10.8 Å².